The fraction of sp³-hybridized carbons (Fsp3) is 1.00. The fourth-order valence-corrected chi connectivity index (χ4v) is 1.52. The number of ether oxygens (including phenoxy) is 1. The SMILES string of the molecule is CCCCCC[C@@H](C)NCCOCCO. The highest BCUT2D eigenvalue weighted by Gasteiger charge is 1.99. The molecule has 0 heterocycles. The molecule has 0 radical (unpaired) electrons. The Labute approximate surface area is 94.2 Å². The van der Waals surface area contributed by atoms with Gasteiger partial charge in [0, 0.05) is 12.6 Å². The van der Waals surface area contributed by atoms with Gasteiger partial charge in [0.2, 0.25) is 0 Å². The van der Waals surface area contributed by atoms with Crippen molar-refractivity contribution < 1.29 is 9.84 Å². The van der Waals surface area contributed by atoms with Crippen LogP contribution in [0.25, 0.3) is 0 Å². The second-order valence-corrected chi connectivity index (χ2v) is 4.04. The number of hydrogen-bond donors (Lipinski definition) is 2. The summed E-state index contributed by atoms with van der Waals surface area (Å²) in [6, 6.07) is 0.583. The van der Waals surface area contributed by atoms with E-state index in [2.05, 4.69) is 19.2 Å². The van der Waals surface area contributed by atoms with Gasteiger partial charge < -0.3 is 15.2 Å². The number of rotatable bonds is 11. The summed E-state index contributed by atoms with van der Waals surface area (Å²) in [5, 5.41) is 11.9. The zero-order valence-electron chi connectivity index (χ0n) is 10.3. The van der Waals surface area contributed by atoms with Crippen molar-refractivity contribution >= 4 is 0 Å². The summed E-state index contributed by atoms with van der Waals surface area (Å²) in [6.45, 7) is 6.60. The van der Waals surface area contributed by atoms with Crippen LogP contribution >= 0.6 is 0 Å². The number of hydrogen-bond acceptors (Lipinski definition) is 3. The first-order valence-corrected chi connectivity index (χ1v) is 6.23. The van der Waals surface area contributed by atoms with Crippen LogP contribution in [-0.4, -0.2) is 37.5 Å². The van der Waals surface area contributed by atoms with Crippen molar-refractivity contribution in [1.29, 1.82) is 0 Å². The lowest BCUT2D eigenvalue weighted by Gasteiger charge is -2.13. The van der Waals surface area contributed by atoms with Crippen LogP contribution in [0.2, 0.25) is 0 Å². The molecule has 0 unspecified atom stereocenters. The van der Waals surface area contributed by atoms with E-state index in [-0.39, 0.29) is 6.61 Å². The van der Waals surface area contributed by atoms with Crippen molar-refractivity contribution in [3.8, 4) is 0 Å². The standard InChI is InChI=1S/C12H27NO2/c1-3-4-5-6-7-12(2)13-8-10-15-11-9-14/h12-14H,3-11H2,1-2H3/t12-/m1/s1. The van der Waals surface area contributed by atoms with Crippen LogP contribution in [0, 0.1) is 0 Å². The van der Waals surface area contributed by atoms with Gasteiger partial charge in [-0.15, -0.1) is 0 Å². The molecule has 0 aromatic carbocycles. The van der Waals surface area contributed by atoms with Crippen LogP contribution in [0.4, 0.5) is 0 Å². The number of unbranched alkanes of at least 4 members (excludes halogenated alkanes) is 3. The fourth-order valence-electron chi connectivity index (χ4n) is 1.52. The summed E-state index contributed by atoms with van der Waals surface area (Å²) in [4.78, 5) is 0. The summed E-state index contributed by atoms with van der Waals surface area (Å²) in [6.07, 6.45) is 6.58. The van der Waals surface area contributed by atoms with Gasteiger partial charge in [-0.25, -0.2) is 0 Å². The Bertz CT molecular complexity index is 120. The highest BCUT2D eigenvalue weighted by atomic mass is 16.5. The van der Waals surface area contributed by atoms with Crippen molar-refractivity contribution in [2.75, 3.05) is 26.4 Å². The molecule has 3 nitrogen and oxygen atoms in total. The maximum Gasteiger partial charge on any atom is 0.0698 e. The molecular weight excluding hydrogens is 190 g/mol. The topological polar surface area (TPSA) is 41.5 Å². The first-order chi connectivity index (χ1) is 7.31. The van der Waals surface area contributed by atoms with Gasteiger partial charge in [0.15, 0.2) is 0 Å². The lowest BCUT2D eigenvalue weighted by Crippen LogP contribution is -2.29. The van der Waals surface area contributed by atoms with Gasteiger partial charge in [0.1, 0.15) is 0 Å². The van der Waals surface area contributed by atoms with Crippen molar-refractivity contribution in [3.63, 3.8) is 0 Å². The van der Waals surface area contributed by atoms with Crippen LogP contribution in [0.5, 0.6) is 0 Å². The highest BCUT2D eigenvalue weighted by molar-refractivity contribution is 4.60. The van der Waals surface area contributed by atoms with Crippen molar-refractivity contribution in [3.05, 3.63) is 0 Å². The summed E-state index contributed by atoms with van der Waals surface area (Å²) in [7, 11) is 0. The Kier molecular flexibility index (Phi) is 11.9. The molecule has 0 saturated carbocycles. The molecule has 0 aromatic rings. The zero-order valence-corrected chi connectivity index (χ0v) is 10.3. The average molecular weight is 217 g/mol. The molecule has 0 aliphatic carbocycles. The van der Waals surface area contributed by atoms with Gasteiger partial charge in [-0.2, -0.15) is 0 Å². The first kappa shape index (κ1) is 14.9. The molecule has 15 heavy (non-hydrogen) atoms. The van der Waals surface area contributed by atoms with Crippen molar-refractivity contribution in [1.82, 2.24) is 5.32 Å². The summed E-state index contributed by atoms with van der Waals surface area (Å²) >= 11 is 0. The summed E-state index contributed by atoms with van der Waals surface area (Å²) in [5.74, 6) is 0. The van der Waals surface area contributed by atoms with Crippen LogP contribution in [0.3, 0.4) is 0 Å². The predicted octanol–water partition coefficient (Wildman–Crippen LogP) is 1.94. The Hall–Kier alpha value is -0.120. The van der Waals surface area contributed by atoms with E-state index in [1.807, 2.05) is 0 Å². The van der Waals surface area contributed by atoms with E-state index in [9.17, 15) is 0 Å². The van der Waals surface area contributed by atoms with Gasteiger partial charge in [0.05, 0.1) is 19.8 Å². The molecule has 2 N–H and O–H groups in total. The van der Waals surface area contributed by atoms with E-state index in [0.717, 1.165) is 6.54 Å². The Balaban J connectivity index is 3.08. The smallest absolute Gasteiger partial charge is 0.0698 e. The molecule has 0 aliphatic rings. The lowest BCUT2D eigenvalue weighted by molar-refractivity contribution is 0.0926. The molecule has 0 spiro atoms. The van der Waals surface area contributed by atoms with Crippen LogP contribution < -0.4 is 5.32 Å². The van der Waals surface area contributed by atoms with Crippen molar-refractivity contribution in [2.24, 2.45) is 0 Å². The molecule has 92 valence electrons. The van der Waals surface area contributed by atoms with Crippen LogP contribution in [0.1, 0.15) is 46.0 Å². The lowest BCUT2D eigenvalue weighted by atomic mass is 10.1. The molecule has 0 saturated heterocycles. The minimum Gasteiger partial charge on any atom is -0.394 e. The van der Waals surface area contributed by atoms with Crippen LogP contribution in [0.15, 0.2) is 0 Å². The quantitative estimate of drug-likeness (QED) is 0.520. The van der Waals surface area contributed by atoms with E-state index in [0.29, 0.717) is 19.3 Å². The van der Waals surface area contributed by atoms with Gasteiger partial charge in [0.25, 0.3) is 0 Å². The Morgan fingerprint density at radius 2 is 2.00 bits per heavy atom. The number of aliphatic hydroxyl groups excluding tert-OH is 1. The van der Waals surface area contributed by atoms with Crippen molar-refractivity contribution in [2.45, 2.75) is 52.0 Å². The summed E-state index contributed by atoms with van der Waals surface area (Å²) < 4.78 is 5.16. The van der Waals surface area contributed by atoms with Gasteiger partial charge in [-0.3, -0.25) is 0 Å². The van der Waals surface area contributed by atoms with Gasteiger partial charge in [-0.1, -0.05) is 32.6 Å². The Morgan fingerprint density at radius 3 is 2.67 bits per heavy atom. The molecule has 0 bridgehead atoms. The molecule has 0 fully saturated rings. The maximum atomic E-state index is 8.50. The summed E-state index contributed by atoms with van der Waals surface area (Å²) in [5.41, 5.74) is 0. The normalized spacial score (nSPS) is 13.0. The molecule has 0 amide bonds. The third-order valence-corrected chi connectivity index (χ3v) is 2.47. The van der Waals surface area contributed by atoms with Gasteiger partial charge >= 0.3 is 0 Å². The van der Waals surface area contributed by atoms with E-state index < -0.39 is 0 Å². The molecular formula is C12H27NO2. The van der Waals surface area contributed by atoms with E-state index >= 15 is 0 Å². The molecule has 0 aromatic heterocycles. The maximum absolute atomic E-state index is 8.50. The van der Waals surface area contributed by atoms with E-state index in [1.165, 1.54) is 32.1 Å². The largest absolute Gasteiger partial charge is 0.394 e. The number of aliphatic hydroxyl groups is 1. The molecule has 0 aliphatic heterocycles. The minimum absolute atomic E-state index is 0.118. The van der Waals surface area contributed by atoms with E-state index in [4.69, 9.17) is 9.84 Å². The highest BCUT2D eigenvalue weighted by Crippen LogP contribution is 2.04. The van der Waals surface area contributed by atoms with Crippen LogP contribution in [-0.2, 0) is 4.74 Å². The number of nitrogens with one attached hydrogen (secondary N) is 1. The monoisotopic (exact) mass is 217 g/mol. The van der Waals surface area contributed by atoms with E-state index in [1.54, 1.807) is 0 Å². The molecule has 0 rings (SSSR count). The average Bonchev–Trinajstić information content (AvgIpc) is 2.24. The first-order valence-electron chi connectivity index (χ1n) is 6.23. The molecule has 1 atom stereocenters. The molecule has 3 heteroatoms. The minimum atomic E-state index is 0.118. The zero-order chi connectivity index (χ0) is 11.4. The second kappa shape index (κ2) is 12.0. The Morgan fingerprint density at radius 1 is 1.20 bits per heavy atom. The second-order valence-electron chi connectivity index (χ2n) is 4.04. The predicted molar refractivity (Wildman–Crippen MR) is 64.1 cm³/mol. The third-order valence-electron chi connectivity index (χ3n) is 2.47. The van der Waals surface area contributed by atoms with Gasteiger partial charge in [-0.05, 0) is 13.3 Å². The third kappa shape index (κ3) is 11.8.